The molecule has 94 valence electrons. The lowest BCUT2D eigenvalue weighted by Crippen LogP contribution is -2.39. The average molecular weight is 349 g/mol. The molecule has 0 bridgehead atoms. The SMILES string of the molecule is CN(CC(C)(C)O)C(=O)c1ccc(I)c(O)c1. The van der Waals surface area contributed by atoms with Gasteiger partial charge >= 0.3 is 0 Å². The van der Waals surface area contributed by atoms with Gasteiger partial charge in [0.1, 0.15) is 5.75 Å². The number of phenolic OH excluding ortho intramolecular Hbond substituents is 1. The van der Waals surface area contributed by atoms with Gasteiger partial charge in [0.25, 0.3) is 5.91 Å². The molecule has 0 saturated heterocycles. The molecule has 0 heterocycles. The summed E-state index contributed by atoms with van der Waals surface area (Å²) in [5.74, 6) is -0.132. The first-order valence-electron chi connectivity index (χ1n) is 5.17. The van der Waals surface area contributed by atoms with Crippen LogP contribution in [0.15, 0.2) is 18.2 Å². The second-order valence-electron chi connectivity index (χ2n) is 4.64. The van der Waals surface area contributed by atoms with Crippen molar-refractivity contribution in [2.45, 2.75) is 19.4 Å². The summed E-state index contributed by atoms with van der Waals surface area (Å²) >= 11 is 1.99. The van der Waals surface area contributed by atoms with Gasteiger partial charge in [-0.3, -0.25) is 4.79 Å². The molecule has 0 unspecified atom stereocenters. The van der Waals surface area contributed by atoms with Crippen LogP contribution in [-0.4, -0.2) is 40.2 Å². The smallest absolute Gasteiger partial charge is 0.253 e. The van der Waals surface area contributed by atoms with Crippen molar-refractivity contribution in [1.29, 1.82) is 0 Å². The predicted octanol–water partition coefficient (Wildman–Crippen LogP) is 1.84. The maximum atomic E-state index is 12.0. The van der Waals surface area contributed by atoms with Crippen molar-refractivity contribution in [3.05, 3.63) is 27.3 Å². The number of benzene rings is 1. The molecule has 0 saturated carbocycles. The second-order valence-corrected chi connectivity index (χ2v) is 5.80. The van der Waals surface area contributed by atoms with E-state index in [0.717, 1.165) is 0 Å². The van der Waals surface area contributed by atoms with E-state index in [4.69, 9.17) is 0 Å². The summed E-state index contributed by atoms with van der Waals surface area (Å²) in [7, 11) is 1.62. The predicted molar refractivity (Wildman–Crippen MR) is 74.1 cm³/mol. The summed E-state index contributed by atoms with van der Waals surface area (Å²) in [5.41, 5.74) is -0.523. The number of aliphatic hydroxyl groups is 1. The Labute approximate surface area is 114 Å². The Hall–Kier alpha value is -0.820. The summed E-state index contributed by atoms with van der Waals surface area (Å²) in [6.45, 7) is 3.52. The lowest BCUT2D eigenvalue weighted by atomic mass is 10.1. The fourth-order valence-electron chi connectivity index (χ4n) is 1.52. The van der Waals surface area contributed by atoms with E-state index in [9.17, 15) is 15.0 Å². The molecule has 0 spiro atoms. The van der Waals surface area contributed by atoms with E-state index in [-0.39, 0.29) is 18.2 Å². The van der Waals surface area contributed by atoms with Crippen LogP contribution >= 0.6 is 22.6 Å². The van der Waals surface area contributed by atoms with Crippen LogP contribution in [0, 0.1) is 3.57 Å². The second kappa shape index (κ2) is 5.22. The minimum Gasteiger partial charge on any atom is -0.507 e. The highest BCUT2D eigenvalue weighted by Gasteiger charge is 2.20. The van der Waals surface area contributed by atoms with Crippen molar-refractivity contribution in [2.75, 3.05) is 13.6 Å². The van der Waals surface area contributed by atoms with Gasteiger partial charge in [0.05, 0.1) is 9.17 Å². The summed E-state index contributed by atoms with van der Waals surface area (Å²) in [6, 6.07) is 4.77. The monoisotopic (exact) mass is 349 g/mol. The van der Waals surface area contributed by atoms with Crippen molar-refractivity contribution in [3.8, 4) is 5.75 Å². The highest BCUT2D eigenvalue weighted by Crippen LogP contribution is 2.21. The molecule has 1 aromatic rings. The number of rotatable bonds is 3. The zero-order valence-corrected chi connectivity index (χ0v) is 12.2. The molecule has 0 aliphatic rings. The topological polar surface area (TPSA) is 60.8 Å². The minimum absolute atomic E-state index is 0.0908. The first-order valence-corrected chi connectivity index (χ1v) is 6.25. The number of aromatic hydroxyl groups is 1. The van der Waals surface area contributed by atoms with Crippen LogP contribution in [0.4, 0.5) is 0 Å². The van der Waals surface area contributed by atoms with Gasteiger partial charge in [-0.25, -0.2) is 0 Å². The number of carbonyl (C=O) groups excluding carboxylic acids is 1. The van der Waals surface area contributed by atoms with Crippen molar-refractivity contribution < 1.29 is 15.0 Å². The van der Waals surface area contributed by atoms with Crippen molar-refractivity contribution >= 4 is 28.5 Å². The van der Waals surface area contributed by atoms with E-state index in [2.05, 4.69) is 0 Å². The molecule has 0 aromatic heterocycles. The molecule has 0 aliphatic heterocycles. The first-order chi connectivity index (χ1) is 7.70. The fraction of sp³-hybridized carbons (Fsp3) is 0.417. The van der Waals surface area contributed by atoms with E-state index in [0.29, 0.717) is 9.13 Å². The molecule has 0 fully saturated rings. The molecular weight excluding hydrogens is 333 g/mol. The number of hydrogen-bond donors (Lipinski definition) is 2. The molecule has 4 nitrogen and oxygen atoms in total. The van der Waals surface area contributed by atoms with Gasteiger partial charge in [-0.05, 0) is 54.6 Å². The maximum Gasteiger partial charge on any atom is 0.253 e. The van der Waals surface area contributed by atoms with Crippen LogP contribution in [0.3, 0.4) is 0 Å². The number of hydrogen-bond acceptors (Lipinski definition) is 3. The normalized spacial score (nSPS) is 11.4. The quantitative estimate of drug-likeness (QED) is 0.819. The summed E-state index contributed by atoms with van der Waals surface area (Å²) in [5, 5.41) is 19.2. The van der Waals surface area contributed by atoms with Crippen molar-refractivity contribution in [2.24, 2.45) is 0 Å². The molecule has 0 aliphatic carbocycles. The third kappa shape index (κ3) is 4.16. The highest BCUT2D eigenvalue weighted by atomic mass is 127. The molecule has 1 rings (SSSR count). The van der Waals surface area contributed by atoms with Crippen LogP contribution in [0.2, 0.25) is 0 Å². The van der Waals surface area contributed by atoms with E-state index in [1.807, 2.05) is 22.6 Å². The molecule has 17 heavy (non-hydrogen) atoms. The molecule has 1 amide bonds. The van der Waals surface area contributed by atoms with E-state index in [1.54, 1.807) is 33.0 Å². The van der Waals surface area contributed by atoms with Crippen LogP contribution in [0.5, 0.6) is 5.75 Å². The number of carbonyl (C=O) groups is 1. The number of likely N-dealkylation sites (N-methyl/N-ethyl adjacent to an activating group) is 1. The minimum atomic E-state index is -0.935. The Morgan fingerprint density at radius 2 is 2.06 bits per heavy atom. The van der Waals surface area contributed by atoms with Crippen LogP contribution in [0.25, 0.3) is 0 Å². The lowest BCUT2D eigenvalue weighted by molar-refractivity contribution is 0.0368. The van der Waals surface area contributed by atoms with Crippen molar-refractivity contribution in [3.63, 3.8) is 0 Å². The number of phenols is 1. The molecule has 0 atom stereocenters. The number of halogens is 1. The van der Waals surface area contributed by atoms with E-state index >= 15 is 0 Å². The Bertz CT molecular complexity index is 426. The third-order valence-electron chi connectivity index (χ3n) is 2.16. The van der Waals surface area contributed by atoms with Gasteiger partial charge in [0, 0.05) is 19.2 Å². The van der Waals surface area contributed by atoms with Gasteiger partial charge in [0.15, 0.2) is 0 Å². The van der Waals surface area contributed by atoms with Gasteiger partial charge < -0.3 is 15.1 Å². The Balaban J connectivity index is 2.85. The third-order valence-corrected chi connectivity index (χ3v) is 3.08. The molecule has 0 radical (unpaired) electrons. The summed E-state index contributed by atoms with van der Waals surface area (Å²) in [4.78, 5) is 13.4. The standard InChI is InChI=1S/C12H16INO3/c1-12(2,17)7-14(3)11(16)8-4-5-9(13)10(15)6-8/h4-6,15,17H,7H2,1-3H3. The summed E-state index contributed by atoms with van der Waals surface area (Å²) < 4.78 is 0.698. The maximum absolute atomic E-state index is 12.0. The zero-order valence-electron chi connectivity index (χ0n) is 10.1. The van der Waals surface area contributed by atoms with Crippen LogP contribution in [-0.2, 0) is 0 Å². The number of amides is 1. The number of nitrogens with zero attached hydrogens (tertiary/aromatic N) is 1. The molecule has 2 N–H and O–H groups in total. The fourth-order valence-corrected chi connectivity index (χ4v) is 1.85. The largest absolute Gasteiger partial charge is 0.507 e. The van der Waals surface area contributed by atoms with Crippen LogP contribution in [0.1, 0.15) is 24.2 Å². The first kappa shape index (κ1) is 14.2. The lowest BCUT2D eigenvalue weighted by Gasteiger charge is -2.25. The molecule has 5 heteroatoms. The van der Waals surface area contributed by atoms with Crippen LogP contribution < -0.4 is 0 Å². The Morgan fingerprint density at radius 1 is 1.47 bits per heavy atom. The van der Waals surface area contributed by atoms with E-state index in [1.165, 1.54) is 11.0 Å². The van der Waals surface area contributed by atoms with Gasteiger partial charge in [-0.15, -0.1) is 0 Å². The Morgan fingerprint density at radius 3 is 2.53 bits per heavy atom. The van der Waals surface area contributed by atoms with Gasteiger partial charge in [0.2, 0.25) is 0 Å². The highest BCUT2D eigenvalue weighted by molar-refractivity contribution is 14.1. The molecule has 1 aromatic carbocycles. The Kier molecular flexibility index (Phi) is 4.37. The molecular formula is C12H16INO3. The van der Waals surface area contributed by atoms with Gasteiger partial charge in [-0.2, -0.15) is 0 Å². The van der Waals surface area contributed by atoms with E-state index < -0.39 is 5.60 Å². The summed E-state index contributed by atoms with van der Waals surface area (Å²) in [6.07, 6.45) is 0. The van der Waals surface area contributed by atoms with Gasteiger partial charge in [-0.1, -0.05) is 0 Å². The average Bonchev–Trinajstić information content (AvgIpc) is 2.18. The van der Waals surface area contributed by atoms with Crippen molar-refractivity contribution in [1.82, 2.24) is 4.90 Å². The zero-order chi connectivity index (χ0) is 13.2.